The van der Waals surface area contributed by atoms with Gasteiger partial charge in [-0.3, -0.25) is 20.1 Å². The molecule has 0 spiro atoms. The number of H-pyrrole nitrogens is 1. The van der Waals surface area contributed by atoms with Crippen LogP contribution >= 0.6 is 11.3 Å². The number of carbonyl (C=O) groups excluding carboxylic acids is 1. The standard InChI is InChI=1S/C26H25N5O4S/c27-24-21(16-18-8-10-20(11-9-18)35-15-14-34-19-6-2-1-3-7-19)25(33)28-26-31(24)29-22(36-26)17-23(32)30-12-4-5-13-30/h1-3,6-11,16-17,27,29H,4-5,12-15H2/b21-16-,22-17+,27-24?. The molecule has 0 aromatic heterocycles. The fourth-order valence-electron chi connectivity index (χ4n) is 3.91. The van der Waals surface area contributed by atoms with Crippen LogP contribution in [0.4, 0.5) is 0 Å². The Balaban J connectivity index is 1.31. The van der Waals surface area contributed by atoms with Crippen LogP contribution in [0.3, 0.4) is 0 Å². The molecule has 1 saturated heterocycles. The van der Waals surface area contributed by atoms with Crippen LogP contribution in [-0.4, -0.2) is 51.9 Å². The highest BCUT2D eigenvalue weighted by molar-refractivity contribution is 7.11. The average molecular weight is 504 g/mol. The van der Waals surface area contributed by atoms with Crippen molar-refractivity contribution in [3.8, 4) is 16.6 Å². The Labute approximate surface area is 210 Å². The molecule has 1 fully saturated rings. The fraction of sp³-hybridized carbons (Fsp3) is 0.231. The van der Waals surface area contributed by atoms with E-state index in [0.29, 0.717) is 28.8 Å². The molecular formula is C26H25N5O4S. The first-order valence-electron chi connectivity index (χ1n) is 11.7. The number of rotatable bonds is 7. The van der Waals surface area contributed by atoms with Gasteiger partial charge in [0.05, 0.1) is 5.22 Å². The monoisotopic (exact) mass is 503 g/mol. The molecule has 2 N–H and O–H groups in total. The summed E-state index contributed by atoms with van der Waals surface area (Å²) in [5.41, 5.74) is 0.223. The number of amides is 1. The molecule has 1 amide bonds. The molecule has 0 radical (unpaired) electrons. The third-order valence-electron chi connectivity index (χ3n) is 5.75. The van der Waals surface area contributed by atoms with Gasteiger partial charge in [-0.25, -0.2) is 4.68 Å². The molecule has 10 heteroatoms. The van der Waals surface area contributed by atoms with Gasteiger partial charge in [0.25, 0.3) is 5.56 Å². The molecule has 0 atom stereocenters. The summed E-state index contributed by atoms with van der Waals surface area (Å²) in [5, 5.41) is 12.0. The van der Waals surface area contributed by atoms with E-state index in [2.05, 4.69) is 10.1 Å². The van der Waals surface area contributed by atoms with Gasteiger partial charge in [-0.2, -0.15) is 4.98 Å². The molecule has 184 valence electrons. The number of likely N-dealkylation sites (tertiary alicyclic amines) is 1. The second-order valence-corrected chi connectivity index (χ2v) is 9.28. The molecule has 9 nitrogen and oxygen atoms in total. The van der Waals surface area contributed by atoms with E-state index in [1.54, 1.807) is 23.1 Å². The third kappa shape index (κ3) is 5.38. The number of aromatic amines is 1. The van der Waals surface area contributed by atoms with Crippen LogP contribution in [0, 0.1) is 5.41 Å². The molecule has 3 aliphatic heterocycles. The number of nitrogens with zero attached hydrogens (tertiary/aromatic N) is 3. The van der Waals surface area contributed by atoms with Crippen molar-refractivity contribution in [1.82, 2.24) is 19.7 Å². The number of aromatic nitrogens is 3. The number of nitrogens with one attached hydrogen (secondary N) is 2. The molecule has 0 aliphatic carbocycles. The van der Waals surface area contributed by atoms with Crippen LogP contribution < -0.4 is 30.4 Å². The van der Waals surface area contributed by atoms with Gasteiger partial charge in [0.2, 0.25) is 11.0 Å². The predicted molar refractivity (Wildman–Crippen MR) is 136 cm³/mol. The number of benzene rings is 2. The van der Waals surface area contributed by atoms with Crippen LogP contribution in [0.1, 0.15) is 18.4 Å². The second-order valence-electron chi connectivity index (χ2n) is 8.28. The highest BCUT2D eigenvalue weighted by atomic mass is 32.1. The lowest BCUT2D eigenvalue weighted by Crippen LogP contribution is -2.47. The zero-order valence-electron chi connectivity index (χ0n) is 19.5. The predicted octanol–water partition coefficient (Wildman–Crippen LogP) is 1.23. The van der Waals surface area contributed by atoms with Gasteiger partial charge in [-0.15, -0.1) is 0 Å². The number of hydrogen-bond acceptors (Lipinski definition) is 7. The molecule has 3 heterocycles. The minimum Gasteiger partial charge on any atom is -0.490 e. The van der Waals surface area contributed by atoms with Crippen LogP contribution in [-0.2, 0) is 4.79 Å². The molecule has 0 saturated carbocycles. The van der Waals surface area contributed by atoms with E-state index in [1.807, 2.05) is 42.5 Å². The van der Waals surface area contributed by atoms with Gasteiger partial charge in [0.1, 0.15) is 29.4 Å². The highest BCUT2D eigenvalue weighted by Crippen LogP contribution is 2.13. The third-order valence-corrected chi connectivity index (χ3v) is 6.63. The van der Waals surface area contributed by atoms with E-state index in [9.17, 15) is 9.59 Å². The highest BCUT2D eigenvalue weighted by Gasteiger charge is 2.17. The zero-order valence-corrected chi connectivity index (χ0v) is 20.3. The summed E-state index contributed by atoms with van der Waals surface area (Å²) in [6.07, 6.45) is 5.15. The minimum absolute atomic E-state index is 0.0205. The largest absolute Gasteiger partial charge is 0.490 e. The van der Waals surface area contributed by atoms with Gasteiger partial charge in [0, 0.05) is 19.2 Å². The zero-order chi connectivity index (χ0) is 24.9. The quantitative estimate of drug-likeness (QED) is 0.369. The Morgan fingerprint density at radius 1 is 1.03 bits per heavy atom. The molecule has 3 aliphatic rings. The van der Waals surface area contributed by atoms with E-state index >= 15 is 0 Å². The Morgan fingerprint density at radius 2 is 1.69 bits per heavy atom. The van der Waals surface area contributed by atoms with Gasteiger partial charge >= 0.3 is 0 Å². The number of ether oxygens (including phenoxy) is 2. The Kier molecular flexibility index (Phi) is 6.94. The number of carbonyl (C=O) groups is 1. The second kappa shape index (κ2) is 10.6. The van der Waals surface area contributed by atoms with Crippen molar-refractivity contribution in [3.63, 3.8) is 0 Å². The van der Waals surface area contributed by atoms with Gasteiger partial charge in [-0.05, 0) is 48.7 Å². The lowest BCUT2D eigenvalue weighted by atomic mass is 10.2. The van der Waals surface area contributed by atoms with Gasteiger partial charge < -0.3 is 14.4 Å². The summed E-state index contributed by atoms with van der Waals surface area (Å²) in [6, 6.07) is 16.8. The number of para-hydroxylation sites is 1. The smallest absolute Gasteiger partial charge is 0.283 e. The van der Waals surface area contributed by atoms with E-state index in [4.69, 9.17) is 14.9 Å². The molecule has 0 bridgehead atoms. The first-order valence-corrected chi connectivity index (χ1v) is 12.5. The number of hydrogen-bond donors (Lipinski definition) is 2. The first kappa shape index (κ1) is 23.6. The van der Waals surface area contributed by atoms with Crippen molar-refractivity contribution in [2.45, 2.75) is 12.8 Å². The van der Waals surface area contributed by atoms with Crippen molar-refractivity contribution in [2.24, 2.45) is 0 Å². The van der Waals surface area contributed by atoms with Crippen LogP contribution in [0.25, 0.3) is 17.3 Å². The van der Waals surface area contributed by atoms with Crippen LogP contribution in [0.2, 0.25) is 0 Å². The van der Waals surface area contributed by atoms with Crippen molar-refractivity contribution in [3.05, 3.63) is 85.9 Å². The SMILES string of the molecule is N=c1/c(=C/c2ccc(OCCOc3ccccc3)cc2)c(=O)nc2s/c(=C/C(=O)N3CCCC3)[nH]n1-2. The summed E-state index contributed by atoms with van der Waals surface area (Å²) < 4.78 is 13.3. The van der Waals surface area contributed by atoms with E-state index in [1.165, 1.54) is 22.1 Å². The maximum absolute atomic E-state index is 12.7. The summed E-state index contributed by atoms with van der Waals surface area (Å²) in [6.45, 7) is 2.32. The Bertz CT molecular complexity index is 1550. The molecule has 2 aromatic carbocycles. The van der Waals surface area contributed by atoms with Gasteiger partial charge in [-0.1, -0.05) is 41.7 Å². The summed E-state index contributed by atoms with van der Waals surface area (Å²) in [7, 11) is 0. The lowest BCUT2D eigenvalue weighted by molar-refractivity contribution is -0.123. The van der Waals surface area contributed by atoms with E-state index in [0.717, 1.165) is 37.2 Å². The van der Waals surface area contributed by atoms with E-state index < -0.39 is 5.56 Å². The van der Waals surface area contributed by atoms with E-state index in [-0.39, 0.29) is 16.6 Å². The van der Waals surface area contributed by atoms with Crippen molar-refractivity contribution in [1.29, 1.82) is 5.41 Å². The van der Waals surface area contributed by atoms with Crippen LogP contribution in [0.5, 0.6) is 11.5 Å². The fourth-order valence-corrected chi connectivity index (χ4v) is 4.76. The van der Waals surface area contributed by atoms with Crippen molar-refractivity contribution >= 4 is 29.4 Å². The molecular weight excluding hydrogens is 478 g/mol. The number of fused-ring (bicyclic) bond motifs is 1. The first-order chi connectivity index (χ1) is 17.6. The topological polar surface area (TPSA) is 113 Å². The van der Waals surface area contributed by atoms with Gasteiger partial charge in [0.15, 0.2) is 5.49 Å². The maximum Gasteiger partial charge on any atom is 0.283 e. The lowest BCUT2D eigenvalue weighted by Gasteiger charge is -2.10. The normalized spacial score (nSPS) is 14.5. The molecule has 5 rings (SSSR count). The van der Waals surface area contributed by atoms with Crippen LogP contribution in [0.15, 0.2) is 59.4 Å². The Hall–Kier alpha value is -4.18. The molecule has 36 heavy (non-hydrogen) atoms. The van der Waals surface area contributed by atoms with Crippen molar-refractivity contribution < 1.29 is 14.3 Å². The van der Waals surface area contributed by atoms with Crippen molar-refractivity contribution in [2.75, 3.05) is 26.3 Å². The summed E-state index contributed by atoms with van der Waals surface area (Å²) in [5.74, 6) is 1.39. The molecule has 2 aromatic rings. The average Bonchev–Trinajstić information content (AvgIpc) is 3.56. The summed E-state index contributed by atoms with van der Waals surface area (Å²) >= 11 is 1.17. The Morgan fingerprint density at radius 3 is 2.39 bits per heavy atom. The molecule has 0 unspecified atom stereocenters. The maximum atomic E-state index is 12.7. The summed E-state index contributed by atoms with van der Waals surface area (Å²) in [4.78, 5) is 31.0. The minimum atomic E-state index is -0.494.